The molecule has 1 aromatic rings. The van der Waals surface area contributed by atoms with Crippen molar-refractivity contribution < 1.29 is 14.7 Å². The molecule has 5 nitrogen and oxygen atoms in total. The number of carboxylic acids is 1. The number of hydrogen-bond donors (Lipinski definition) is 2. The fraction of sp³-hybridized carbons (Fsp3) is 0.545. The molecule has 0 spiro atoms. The molecule has 7 heteroatoms. The number of carbonyl (C=O) groups is 2. The third-order valence-corrected chi connectivity index (χ3v) is 4.29. The van der Waals surface area contributed by atoms with Gasteiger partial charge in [-0.1, -0.05) is 25.6 Å². The van der Waals surface area contributed by atoms with Crippen LogP contribution in [0.15, 0.2) is 4.34 Å². The van der Waals surface area contributed by atoms with Gasteiger partial charge in [-0.2, -0.15) is 0 Å². The number of thiazole rings is 1. The zero-order valence-corrected chi connectivity index (χ0v) is 12.2. The van der Waals surface area contributed by atoms with E-state index in [1.165, 1.54) is 11.8 Å². The molecule has 1 amide bonds. The molecule has 0 aliphatic heterocycles. The second-order valence-corrected chi connectivity index (χ2v) is 6.41. The number of aryl methyl sites for hydroxylation is 1. The van der Waals surface area contributed by atoms with Gasteiger partial charge in [-0.05, 0) is 12.8 Å². The van der Waals surface area contributed by atoms with Gasteiger partial charge in [0.25, 0.3) is 0 Å². The molecule has 0 fully saturated rings. The number of rotatable bonds is 6. The lowest BCUT2D eigenvalue weighted by molar-refractivity contribution is -0.118. The van der Waals surface area contributed by atoms with Crippen LogP contribution in [0.3, 0.4) is 0 Å². The SMILES string of the molecule is Cc1nc(SCC(=O)NCC(C)C)sc1C(=O)O. The van der Waals surface area contributed by atoms with Gasteiger partial charge in [-0.25, -0.2) is 9.78 Å². The van der Waals surface area contributed by atoms with Gasteiger partial charge in [0.2, 0.25) is 5.91 Å². The largest absolute Gasteiger partial charge is 0.477 e. The number of amides is 1. The summed E-state index contributed by atoms with van der Waals surface area (Å²) in [7, 11) is 0. The van der Waals surface area contributed by atoms with E-state index >= 15 is 0 Å². The van der Waals surface area contributed by atoms with Crippen molar-refractivity contribution in [1.82, 2.24) is 10.3 Å². The van der Waals surface area contributed by atoms with Crippen LogP contribution in [-0.2, 0) is 4.79 Å². The summed E-state index contributed by atoms with van der Waals surface area (Å²) in [5.41, 5.74) is 0.498. The van der Waals surface area contributed by atoms with Gasteiger partial charge in [-0.15, -0.1) is 11.3 Å². The lowest BCUT2D eigenvalue weighted by Gasteiger charge is -2.06. The first kappa shape index (κ1) is 15.0. The van der Waals surface area contributed by atoms with Gasteiger partial charge < -0.3 is 10.4 Å². The topological polar surface area (TPSA) is 79.3 Å². The second-order valence-electron chi connectivity index (χ2n) is 4.19. The summed E-state index contributed by atoms with van der Waals surface area (Å²) in [5, 5.41) is 11.7. The van der Waals surface area contributed by atoms with Gasteiger partial charge in [0.05, 0.1) is 11.4 Å². The standard InChI is InChI=1S/C11H16N2O3S2/c1-6(2)4-12-8(14)5-17-11-13-7(3)9(18-11)10(15)16/h6H,4-5H2,1-3H3,(H,12,14)(H,15,16). The van der Waals surface area contributed by atoms with Crippen LogP contribution in [0, 0.1) is 12.8 Å². The number of aromatic carboxylic acids is 1. The monoisotopic (exact) mass is 288 g/mol. The molecular formula is C11H16N2O3S2. The molecule has 0 radical (unpaired) electrons. The third kappa shape index (κ3) is 4.66. The van der Waals surface area contributed by atoms with Crippen molar-refractivity contribution in [1.29, 1.82) is 0 Å². The van der Waals surface area contributed by atoms with E-state index in [1.807, 2.05) is 13.8 Å². The lowest BCUT2D eigenvalue weighted by Crippen LogP contribution is -2.28. The van der Waals surface area contributed by atoms with Crippen molar-refractivity contribution in [3.05, 3.63) is 10.6 Å². The van der Waals surface area contributed by atoms with Gasteiger partial charge >= 0.3 is 5.97 Å². The zero-order chi connectivity index (χ0) is 13.7. The van der Waals surface area contributed by atoms with E-state index in [0.717, 1.165) is 11.3 Å². The van der Waals surface area contributed by atoms with Gasteiger partial charge in [0.1, 0.15) is 4.88 Å². The number of nitrogens with one attached hydrogen (secondary N) is 1. The van der Waals surface area contributed by atoms with Crippen molar-refractivity contribution in [3.8, 4) is 0 Å². The summed E-state index contributed by atoms with van der Waals surface area (Å²) < 4.78 is 0.615. The number of thioether (sulfide) groups is 1. The molecule has 0 aliphatic rings. The van der Waals surface area contributed by atoms with E-state index in [-0.39, 0.29) is 16.5 Å². The summed E-state index contributed by atoms with van der Waals surface area (Å²) >= 11 is 2.37. The van der Waals surface area contributed by atoms with Crippen LogP contribution in [0.4, 0.5) is 0 Å². The molecule has 0 saturated heterocycles. The van der Waals surface area contributed by atoms with Crippen LogP contribution in [0.25, 0.3) is 0 Å². The van der Waals surface area contributed by atoms with Crippen molar-refractivity contribution in [2.24, 2.45) is 5.92 Å². The molecule has 2 N–H and O–H groups in total. The first-order valence-corrected chi connectivity index (χ1v) is 7.30. The first-order chi connectivity index (χ1) is 8.40. The van der Waals surface area contributed by atoms with Crippen LogP contribution in [-0.4, -0.2) is 34.3 Å². The molecule has 0 atom stereocenters. The molecule has 1 aromatic heterocycles. The quantitative estimate of drug-likeness (QED) is 0.783. The predicted molar refractivity (Wildman–Crippen MR) is 72.4 cm³/mol. The fourth-order valence-electron chi connectivity index (χ4n) is 1.13. The van der Waals surface area contributed by atoms with Crippen molar-refractivity contribution >= 4 is 35.0 Å². The number of nitrogens with zero attached hydrogens (tertiary/aromatic N) is 1. The highest BCUT2D eigenvalue weighted by Gasteiger charge is 2.15. The molecule has 100 valence electrons. The molecular weight excluding hydrogens is 272 g/mol. The summed E-state index contributed by atoms with van der Waals surface area (Å²) in [6.07, 6.45) is 0. The number of aromatic nitrogens is 1. The van der Waals surface area contributed by atoms with Crippen LogP contribution in [0.2, 0.25) is 0 Å². The third-order valence-electron chi connectivity index (χ3n) is 2.01. The maximum absolute atomic E-state index is 11.5. The molecule has 0 aliphatic carbocycles. The van der Waals surface area contributed by atoms with E-state index in [9.17, 15) is 9.59 Å². The average Bonchev–Trinajstić information content (AvgIpc) is 2.65. The van der Waals surface area contributed by atoms with Gasteiger partial charge in [-0.3, -0.25) is 4.79 Å². The predicted octanol–water partition coefficient (Wildman–Crippen LogP) is 2.01. The Hall–Kier alpha value is -1.08. The van der Waals surface area contributed by atoms with Crippen LogP contribution >= 0.6 is 23.1 Å². The van der Waals surface area contributed by atoms with Crippen LogP contribution in [0.5, 0.6) is 0 Å². The smallest absolute Gasteiger partial charge is 0.347 e. The molecule has 0 saturated carbocycles. The fourth-order valence-corrected chi connectivity index (χ4v) is 2.99. The van der Waals surface area contributed by atoms with Crippen LogP contribution in [0.1, 0.15) is 29.2 Å². The van der Waals surface area contributed by atoms with Crippen molar-refractivity contribution in [2.45, 2.75) is 25.1 Å². The minimum atomic E-state index is -0.971. The highest BCUT2D eigenvalue weighted by Crippen LogP contribution is 2.26. The summed E-state index contributed by atoms with van der Waals surface area (Å²) in [6, 6.07) is 0. The number of carboxylic acid groups (broad SMARTS) is 1. The maximum atomic E-state index is 11.5. The Morgan fingerprint density at radius 2 is 2.17 bits per heavy atom. The van der Waals surface area contributed by atoms with Gasteiger partial charge in [0, 0.05) is 6.54 Å². The second kappa shape index (κ2) is 6.75. The van der Waals surface area contributed by atoms with Crippen molar-refractivity contribution in [3.63, 3.8) is 0 Å². The Morgan fingerprint density at radius 3 is 2.67 bits per heavy atom. The Balaban J connectivity index is 2.46. The normalized spacial score (nSPS) is 10.7. The highest BCUT2D eigenvalue weighted by molar-refractivity contribution is 8.01. The Labute approximate surface area is 114 Å². The van der Waals surface area contributed by atoms with E-state index < -0.39 is 5.97 Å². The lowest BCUT2D eigenvalue weighted by atomic mass is 10.2. The van der Waals surface area contributed by atoms with Crippen LogP contribution < -0.4 is 5.32 Å². The van der Waals surface area contributed by atoms with E-state index in [0.29, 0.717) is 22.5 Å². The Morgan fingerprint density at radius 1 is 1.50 bits per heavy atom. The minimum Gasteiger partial charge on any atom is -0.477 e. The first-order valence-electron chi connectivity index (χ1n) is 5.50. The highest BCUT2D eigenvalue weighted by atomic mass is 32.2. The number of carbonyl (C=O) groups excluding carboxylic acids is 1. The van der Waals surface area contributed by atoms with E-state index in [1.54, 1.807) is 6.92 Å². The maximum Gasteiger partial charge on any atom is 0.347 e. The molecule has 1 heterocycles. The summed E-state index contributed by atoms with van der Waals surface area (Å²) in [6.45, 7) is 6.35. The minimum absolute atomic E-state index is 0.0570. The zero-order valence-electron chi connectivity index (χ0n) is 10.5. The molecule has 0 aromatic carbocycles. The average molecular weight is 288 g/mol. The molecule has 1 rings (SSSR count). The van der Waals surface area contributed by atoms with E-state index in [4.69, 9.17) is 5.11 Å². The molecule has 18 heavy (non-hydrogen) atoms. The summed E-state index contributed by atoms with van der Waals surface area (Å²) in [4.78, 5) is 26.7. The number of hydrogen-bond acceptors (Lipinski definition) is 5. The van der Waals surface area contributed by atoms with Crippen molar-refractivity contribution in [2.75, 3.05) is 12.3 Å². The van der Waals surface area contributed by atoms with E-state index in [2.05, 4.69) is 10.3 Å². The summed E-state index contributed by atoms with van der Waals surface area (Å²) in [5.74, 6) is -0.349. The Kier molecular flexibility index (Phi) is 5.61. The Bertz CT molecular complexity index is 443. The molecule has 0 unspecified atom stereocenters. The molecule has 0 bridgehead atoms. The van der Waals surface area contributed by atoms with Gasteiger partial charge in [0.15, 0.2) is 4.34 Å².